The Kier molecular flexibility index (Phi) is 6.53. The van der Waals surface area contributed by atoms with Gasteiger partial charge in [-0.25, -0.2) is 0 Å². The minimum Gasteiger partial charge on any atom is -0.490 e. The van der Waals surface area contributed by atoms with Crippen molar-refractivity contribution in [2.24, 2.45) is 11.7 Å². The van der Waals surface area contributed by atoms with Gasteiger partial charge in [-0.1, -0.05) is 32.0 Å². The van der Waals surface area contributed by atoms with Gasteiger partial charge in [0, 0.05) is 17.5 Å². The Labute approximate surface area is 191 Å². The van der Waals surface area contributed by atoms with Crippen molar-refractivity contribution in [3.8, 4) is 22.9 Å². The van der Waals surface area contributed by atoms with Crippen molar-refractivity contribution in [2.45, 2.75) is 32.9 Å². The third-order valence-electron chi connectivity index (χ3n) is 5.28. The number of tetrazole rings is 1. The first kappa shape index (κ1) is 22.3. The van der Waals surface area contributed by atoms with Crippen LogP contribution in [0.5, 0.6) is 11.5 Å². The number of hydrogen-bond donors (Lipinski definition) is 2. The Morgan fingerprint density at radius 2 is 1.82 bits per heavy atom. The maximum atomic E-state index is 12.8. The number of aromatic nitrogens is 4. The summed E-state index contributed by atoms with van der Waals surface area (Å²) in [7, 11) is 0. The number of rotatable bonds is 7. The van der Waals surface area contributed by atoms with Crippen LogP contribution in [0.1, 0.15) is 42.2 Å². The summed E-state index contributed by atoms with van der Waals surface area (Å²) in [6.45, 7) is 5.21. The molecule has 2 heterocycles. The molecule has 172 valence electrons. The van der Waals surface area contributed by atoms with Crippen molar-refractivity contribution in [1.29, 1.82) is 0 Å². The number of amides is 2. The van der Waals surface area contributed by atoms with Gasteiger partial charge in [0.05, 0.1) is 19.3 Å². The van der Waals surface area contributed by atoms with Crippen LogP contribution in [-0.2, 0) is 11.3 Å². The second kappa shape index (κ2) is 9.68. The normalized spacial score (nSPS) is 13.9. The van der Waals surface area contributed by atoms with Crippen LogP contribution in [0.3, 0.4) is 0 Å². The fourth-order valence-electron chi connectivity index (χ4n) is 3.57. The van der Waals surface area contributed by atoms with Gasteiger partial charge in [-0.3, -0.25) is 9.59 Å². The standard InChI is InChI=1S/C23H26N6O4/c1-14(2)21(17-8-9-18-19(12-17)33-11-3-10-32-18)25-20(30)13-29-27-23(26-28-29)16-6-4-15(5-7-16)22(24)31/h4-9,12,14,21H,3,10-11,13H2,1-2H3,(H2,24,31)(H,25,30)/t21-/m0/s1. The molecule has 0 saturated heterocycles. The first-order chi connectivity index (χ1) is 15.9. The van der Waals surface area contributed by atoms with Crippen molar-refractivity contribution in [3.63, 3.8) is 0 Å². The topological polar surface area (TPSA) is 134 Å². The molecule has 0 saturated carbocycles. The Morgan fingerprint density at radius 1 is 1.09 bits per heavy atom. The zero-order chi connectivity index (χ0) is 23.4. The lowest BCUT2D eigenvalue weighted by Crippen LogP contribution is -2.34. The van der Waals surface area contributed by atoms with E-state index in [0.717, 1.165) is 12.0 Å². The molecular weight excluding hydrogens is 424 g/mol. The van der Waals surface area contributed by atoms with Crippen LogP contribution in [0.2, 0.25) is 0 Å². The van der Waals surface area contributed by atoms with Gasteiger partial charge in [-0.05, 0) is 41.0 Å². The molecule has 0 radical (unpaired) electrons. The van der Waals surface area contributed by atoms with Crippen molar-refractivity contribution in [2.75, 3.05) is 13.2 Å². The van der Waals surface area contributed by atoms with Crippen molar-refractivity contribution >= 4 is 11.8 Å². The molecule has 4 rings (SSSR count). The summed E-state index contributed by atoms with van der Waals surface area (Å²) in [5.41, 5.74) is 7.25. The Hall–Kier alpha value is -3.95. The molecule has 1 aliphatic heterocycles. The number of primary amides is 1. The van der Waals surface area contributed by atoms with Crippen LogP contribution >= 0.6 is 0 Å². The summed E-state index contributed by atoms with van der Waals surface area (Å²) in [5, 5.41) is 15.3. The Balaban J connectivity index is 1.44. The van der Waals surface area contributed by atoms with E-state index in [-0.39, 0.29) is 24.4 Å². The van der Waals surface area contributed by atoms with Crippen molar-refractivity contribution in [3.05, 3.63) is 53.6 Å². The van der Waals surface area contributed by atoms with Crippen LogP contribution < -0.4 is 20.5 Å². The summed E-state index contributed by atoms with van der Waals surface area (Å²) in [6, 6.07) is 12.1. The van der Waals surface area contributed by atoms with Gasteiger partial charge in [-0.15, -0.1) is 10.2 Å². The summed E-state index contributed by atoms with van der Waals surface area (Å²) in [4.78, 5) is 25.2. The number of carbonyl (C=O) groups excluding carboxylic acids is 2. The lowest BCUT2D eigenvalue weighted by Gasteiger charge is -2.23. The quantitative estimate of drug-likeness (QED) is 0.563. The average Bonchev–Trinajstić information content (AvgIpc) is 3.13. The third-order valence-corrected chi connectivity index (χ3v) is 5.28. The van der Waals surface area contributed by atoms with E-state index in [2.05, 4.69) is 20.7 Å². The zero-order valence-electron chi connectivity index (χ0n) is 18.5. The third kappa shape index (κ3) is 5.28. The highest BCUT2D eigenvalue weighted by Gasteiger charge is 2.22. The number of benzene rings is 2. The van der Waals surface area contributed by atoms with E-state index < -0.39 is 5.91 Å². The molecule has 0 unspecified atom stereocenters. The molecule has 1 aliphatic rings. The molecule has 3 aromatic rings. The van der Waals surface area contributed by atoms with E-state index in [1.165, 1.54) is 4.80 Å². The van der Waals surface area contributed by atoms with Gasteiger partial charge in [0.25, 0.3) is 0 Å². The number of hydrogen-bond acceptors (Lipinski definition) is 7. The van der Waals surface area contributed by atoms with E-state index in [9.17, 15) is 9.59 Å². The molecular formula is C23H26N6O4. The van der Waals surface area contributed by atoms with E-state index in [1.54, 1.807) is 24.3 Å². The summed E-state index contributed by atoms with van der Waals surface area (Å²) >= 11 is 0. The highest BCUT2D eigenvalue weighted by atomic mass is 16.5. The second-order valence-corrected chi connectivity index (χ2v) is 8.13. The second-order valence-electron chi connectivity index (χ2n) is 8.13. The SMILES string of the molecule is CC(C)[C@H](NC(=O)Cn1nnc(-c2ccc(C(N)=O)cc2)n1)c1ccc2c(c1)OCCCO2. The number of nitrogens with one attached hydrogen (secondary N) is 1. The number of nitrogens with zero attached hydrogens (tertiary/aromatic N) is 4. The number of fused-ring (bicyclic) bond motifs is 1. The number of carbonyl (C=O) groups is 2. The maximum absolute atomic E-state index is 12.8. The fourth-order valence-corrected chi connectivity index (χ4v) is 3.57. The van der Waals surface area contributed by atoms with Gasteiger partial charge in [0.2, 0.25) is 17.6 Å². The fraction of sp³-hybridized carbons (Fsp3) is 0.348. The minimum atomic E-state index is -0.511. The molecule has 0 aliphatic carbocycles. The van der Waals surface area contributed by atoms with Gasteiger partial charge >= 0.3 is 0 Å². The Morgan fingerprint density at radius 3 is 2.52 bits per heavy atom. The predicted molar refractivity (Wildman–Crippen MR) is 120 cm³/mol. The lowest BCUT2D eigenvalue weighted by atomic mass is 9.95. The van der Waals surface area contributed by atoms with Crippen LogP contribution in [0.15, 0.2) is 42.5 Å². The van der Waals surface area contributed by atoms with E-state index in [0.29, 0.717) is 41.7 Å². The first-order valence-corrected chi connectivity index (χ1v) is 10.8. The van der Waals surface area contributed by atoms with Crippen molar-refractivity contribution < 1.29 is 19.1 Å². The van der Waals surface area contributed by atoms with Gasteiger partial charge in [0.1, 0.15) is 6.54 Å². The molecule has 1 aromatic heterocycles. The van der Waals surface area contributed by atoms with E-state index >= 15 is 0 Å². The molecule has 10 heteroatoms. The highest BCUT2D eigenvalue weighted by molar-refractivity contribution is 5.93. The molecule has 0 spiro atoms. The van der Waals surface area contributed by atoms with E-state index in [4.69, 9.17) is 15.2 Å². The van der Waals surface area contributed by atoms with Gasteiger partial charge in [0.15, 0.2) is 11.5 Å². The van der Waals surface area contributed by atoms with Crippen LogP contribution in [-0.4, -0.2) is 45.2 Å². The zero-order valence-corrected chi connectivity index (χ0v) is 18.5. The molecule has 1 atom stereocenters. The molecule has 2 aromatic carbocycles. The largest absolute Gasteiger partial charge is 0.490 e. The molecule has 0 fully saturated rings. The monoisotopic (exact) mass is 450 g/mol. The molecule has 2 amide bonds. The molecule has 33 heavy (non-hydrogen) atoms. The summed E-state index contributed by atoms with van der Waals surface area (Å²) < 4.78 is 11.5. The molecule has 0 bridgehead atoms. The van der Waals surface area contributed by atoms with Crippen LogP contribution in [0, 0.1) is 5.92 Å². The highest BCUT2D eigenvalue weighted by Crippen LogP contribution is 2.34. The maximum Gasteiger partial charge on any atom is 0.248 e. The lowest BCUT2D eigenvalue weighted by molar-refractivity contribution is -0.123. The smallest absolute Gasteiger partial charge is 0.248 e. The number of nitrogens with two attached hydrogens (primary N) is 1. The van der Waals surface area contributed by atoms with E-state index in [1.807, 2.05) is 32.0 Å². The minimum absolute atomic E-state index is 0.0832. The summed E-state index contributed by atoms with van der Waals surface area (Å²) in [6.07, 6.45) is 0.830. The van der Waals surface area contributed by atoms with Gasteiger partial charge < -0.3 is 20.5 Å². The van der Waals surface area contributed by atoms with Crippen molar-refractivity contribution in [1.82, 2.24) is 25.5 Å². The first-order valence-electron chi connectivity index (χ1n) is 10.8. The van der Waals surface area contributed by atoms with Crippen LogP contribution in [0.25, 0.3) is 11.4 Å². The molecule has 10 nitrogen and oxygen atoms in total. The summed E-state index contributed by atoms with van der Waals surface area (Å²) in [5.74, 6) is 1.14. The predicted octanol–water partition coefficient (Wildman–Crippen LogP) is 2.11. The van der Waals surface area contributed by atoms with Crippen LogP contribution in [0.4, 0.5) is 0 Å². The van der Waals surface area contributed by atoms with Gasteiger partial charge in [-0.2, -0.15) is 4.80 Å². The average molecular weight is 450 g/mol. The molecule has 3 N–H and O–H groups in total. The Bertz CT molecular complexity index is 1140. The number of ether oxygens (including phenoxy) is 2.